The molecule has 0 aliphatic carbocycles. The molecule has 0 bridgehead atoms. The van der Waals surface area contributed by atoms with E-state index in [4.69, 9.17) is 22.3 Å². The van der Waals surface area contributed by atoms with Crippen molar-refractivity contribution in [3.05, 3.63) is 132 Å². The Labute approximate surface area is 242 Å². The van der Waals surface area contributed by atoms with Crippen molar-refractivity contribution in [1.29, 1.82) is 0 Å². The van der Waals surface area contributed by atoms with E-state index in [2.05, 4.69) is 24.3 Å². The van der Waals surface area contributed by atoms with Gasteiger partial charge in [-0.3, -0.25) is 0 Å². The second kappa shape index (κ2) is 9.67. The third kappa shape index (κ3) is 4.27. The first-order chi connectivity index (χ1) is 20.2. The van der Waals surface area contributed by atoms with Crippen LogP contribution in [0.25, 0.3) is 21.5 Å². The van der Waals surface area contributed by atoms with E-state index < -0.39 is 20.0 Å². The molecule has 1 spiro atoms. The summed E-state index contributed by atoms with van der Waals surface area (Å²) in [5.41, 5.74) is 2.91. The summed E-state index contributed by atoms with van der Waals surface area (Å²) in [5, 5.41) is 3.87. The van der Waals surface area contributed by atoms with Crippen LogP contribution in [0.15, 0.2) is 131 Å². The molecule has 0 saturated heterocycles. The zero-order chi connectivity index (χ0) is 27.2. The van der Waals surface area contributed by atoms with Crippen LogP contribution in [0.4, 0.5) is 11.4 Å². The van der Waals surface area contributed by atoms with E-state index in [0.717, 1.165) is 32.7 Å². The molecule has 0 aromatic heterocycles. The Morgan fingerprint density at radius 1 is 0.415 bits per heavy atom. The summed E-state index contributed by atoms with van der Waals surface area (Å²) in [6.07, 6.45) is 3.62. The molecule has 0 unspecified atom stereocenters. The van der Waals surface area contributed by atoms with Crippen LogP contribution in [0.2, 0.25) is 0 Å². The molecule has 0 saturated carbocycles. The van der Waals surface area contributed by atoms with Gasteiger partial charge in [0.1, 0.15) is 0 Å². The minimum absolute atomic E-state index is 0.524. The molecular formula is C34H22N2O4Sn. The van der Waals surface area contributed by atoms with Crippen LogP contribution in [0.1, 0.15) is 11.1 Å². The summed E-state index contributed by atoms with van der Waals surface area (Å²) >= 11 is -5.27. The minimum atomic E-state index is -5.27. The number of hydrogen-bond donors (Lipinski definition) is 0. The molecule has 6 nitrogen and oxygen atoms in total. The Kier molecular flexibility index (Phi) is 5.67. The molecule has 2 aliphatic rings. The molecule has 41 heavy (non-hydrogen) atoms. The van der Waals surface area contributed by atoms with E-state index in [1.165, 1.54) is 0 Å². The van der Waals surface area contributed by atoms with Gasteiger partial charge in [-0.1, -0.05) is 0 Å². The molecular weight excluding hydrogens is 619 g/mol. The van der Waals surface area contributed by atoms with Crippen molar-refractivity contribution in [2.24, 2.45) is 9.98 Å². The van der Waals surface area contributed by atoms with Crippen molar-refractivity contribution < 1.29 is 12.3 Å². The van der Waals surface area contributed by atoms with Crippen LogP contribution >= 0.6 is 0 Å². The van der Waals surface area contributed by atoms with Crippen molar-refractivity contribution in [3.8, 4) is 23.0 Å². The number of nitrogens with zero attached hydrogens (tertiary/aromatic N) is 2. The van der Waals surface area contributed by atoms with E-state index in [0.29, 0.717) is 34.4 Å². The van der Waals surface area contributed by atoms with E-state index in [1.807, 2.05) is 109 Å². The zero-order valence-electron chi connectivity index (χ0n) is 21.7. The average Bonchev–Trinajstić information content (AvgIpc) is 3.12. The van der Waals surface area contributed by atoms with Crippen LogP contribution in [-0.4, -0.2) is 32.5 Å². The summed E-state index contributed by atoms with van der Waals surface area (Å²) in [4.78, 5) is 9.60. The fourth-order valence-electron chi connectivity index (χ4n) is 5.17. The van der Waals surface area contributed by atoms with Crippen LogP contribution in [0.5, 0.6) is 23.0 Å². The number of hydrogen-bond acceptors (Lipinski definition) is 6. The standard InChI is InChI=1S/2C17H13NO2.Sn/c2*19-16-8-4-3-7-15(16)18-11-13-10-9-12-5-1-2-6-14(12)17(13)20;/h2*1-11,19-20H;/q;;+4/p-4. The van der Waals surface area contributed by atoms with Gasteiger partial charge in [-0.25, -0.2) is 0 Å². The van der Waals surface area contributed by atoms with Gasteiger partial charge in [0.2, 0.25) is 0 Å². The van der Waals surface area contributed by atoms with Crippen molar-refractivity contribution >= 4 is 65.4 Å². The van der Waals surface area contributed by atoms with Crippen LogP contribution < -0.4 is 12.3 Å². The number of aliphatic imine (C=N–C) groups is 2. The molecule has 0 atom stereocenters. The molecule has 6 aromatic carbocycles. The Morgan fingerprint density at radius 3 is 1.37 bits per heavy atom. The van der Waals surface area contributed by atoms with Gasteiger partial charge >= 0.3 is 243 Å². The molecule has 0 N–H and O–H groups in total. The van der Waals surface area contributed by atoms with Crippen molar-refractivity contribution in [2.45, 2.75) is 0 Å². The quantitative estimate of drug-likeness (QED) is 0.157. The van der Waals surface area contributed by atoms with Gasteiger partial charge in [0.25, 0.3) is 0 Å². The van der Waals surface area contributed by atoms with Gasteiger partial charge in [0.15, 0.2) is 0 Å². The summed E-state index contributed by atoms with van der Waals surface area (Å²) in [6.45, 7) is 0. The topological polar surface area (TPSA) is 61.6 Å². The Hall–Kier alpha value is -4.82. The van der Waals surface area contributed by atoms with E-state index in [-0.39, 0.29) is 0 Å². The van der Waals surface area contributed by atoms with E-state index >= 15 is 0 Å². The first-order valence-corrected chi connectivity index (χ1v) is 18.0. The second-order valence-electron chi connectivity index (χ2n) is 9.77. The van der Waals surface area contributed by atoms with Crippen LogP contribution in [-0.2, 0) is 0 Å². The molecule has 2 aliphatic heterocycles. The zero-order valence-corrected chi connectivity index (χ0v) is 24.6. The summed E-state index contributed by atoms with van der Waals surface area (Å²) in [6, 6.07) is 39.5. The summed E-state index contributed by atoms with van der Waals surface area (Å²) < 4.78 is 27.9. The van der Waals surface area contributed by atoms with Crippen molar-refractivity contribution in [3.63, 3.8) is 0 Å². The fourth-order valence-corrected chi connectivity index (χ4v) is 11.1. The summed E-state index contributed by atoms with van der Waals surface area (Å²) in [7, 11) is 0. The van der Waals surface area contributed by atoms with Gasteiger partial charge in [-0.05, 0) is 0 Å². The predicted octanol–water partition coefficient (Wildman–Crippen LogP) is 8.17. The normalized spacial score (nSPS) is 17.0. The summed E-state index contributed by atoms with van der Waals surface area (Å²) in [5.74, 6) is 2.26. The number of fused-ring (bicyclic) bond motifs is 8. The Morgan fingerprint density at radius 2 is 0.854 bits per heavy atom. The monoisotopic (exact) mass is 642 g/mol. The van der Waals surface area contributed by atoms with Gasteiger partial charge in [0, 0.05) is 0 Å². The van der Waals surface area contributed by atoms with Gasteiger partial charge < -0.3 is 0 Å². The molecule has 6 aromatic rings. The second-order valence-corrected chi connectivity index (χ2v) is 15.0. The molecule has 7 heteroatoms. The fraction of sp³-hybridized carbons (Fsp3) is 0. The number of benzene rings is 6. The maximum atomic E-state index is 7.07. The number of rotatable bonds is 0. The molecule has 196 valence electrons. The van der Waals surface area contributed by atoms with Gasteiger partial charge in [-0.2, -0.15) is 0 Å². The molecule has 2 heterocycles. The van der Waals surface area contributed by atoms with Gasteiger partial charge in [-0.15, -0.1) is 0 Å². The van der Waals surface area contributed by atoms with Crippen molar-refractivity contribution in [1.82, 2.24) is 0 Å². The third-order valence-corrected chi connectivity index (χ3v) is 12.4. The number of para-hydroxylation sites is 4. The van der Waals surface area contributed by atoms with Gasteiger partial charge in [0.05, 0.1) is 0 Å². The first-order valence-electron chi connectivity index (χ1n) is 13.3. The SMILES string of the molecule is C1=Nc2ccccc2[O][Sn]2([O]c3ccccc3N=Cc3ccc4ccccc4c3[O]2)[O]c2c1ccc1ccccc21. The average molecular weight is 641 g/mol. The van der Waals surface area contributed by atoms with E-state index in [9.17, 15) is 0 Å². The Bertz CT molecular complexity index is 1890. The Balaban J connectivity index is 1.44. The maximum absolute atomic E-state index is 7.07. The molecule has 0 fully saturated rings. The van der Waals surface area contributed by atoms with E-state index in [1.54, 1.807) is 0 Å². The van der Waals surface area contributed by atoms with Crippen molar-refractivity contribution in [2.75, 3.05) is 0 Å². The van der Waals surface area contributed by atoms with Crippen LogP contribution in [0.3, 0.4) is 0 Å². The molecule has 0 radical (unpaired) electrons. The first kappa shape index (κ1) is 24.0. The molecule has 8 rings (SSSR count). The molecule has 0 amide bonds. The predicted molar refractivity (Wildman–Crippen MR) is 164 cm³/mol. The third-order valence-electron chi connectivity index (χ3n) is 7.16. The van der Waals surface area contributed by atoms with Crippen LogP contribution in [0, 0.1) is 0 Å².